The van der Waals surface area contributed by atoms with Crippen LogP contribution in [0.2, 0.25) is 0 Å². The van der Waals surface area contributed by atoms with Crippen molar-refractivity contribution in [3.63, 3.8) is 0 Å². The molecule has 0 radical (unpaired) electrons. The molecule has 384 valence electrons. The minimum Gasteiger partial charge on any atom is -0.507 e. The minimum absolute atomic E-state index is 0.0461. The Morgan fingerprint density at radius 2 is 1.58 bits per heavy atom. The summed E-state index contributed by atoms with van der Waals surface area (Å²) in [5, 5.41) is 30.8. The fourth-order valence-corrected chi connectivity index (χ4v) is 11.2. The van der Waals surface area contributed by atoms with Gasteiger partial charge < -0.3 is 49.9 Å². The Hall–Kier alpha value is -7.21. The van der Waals surface area contributed by atoms with Crippen molar-refractivity contribution >= 4 is 34.8 Å². The smallest absolute Gasteiger partial charge is 0.243 e. The summed E-state index contributed by atoms with van der Waals surface area (Å²) in [5.74, 6) is 2.31. The number of pyridine rings is 1. The first-order valence-corrected chi connectivity index (χ1v) is 26.1. The molecule has 8 heterocycles. The van der Waals surface area contributed by atoms with Crippen LogP contribution in [-0.2, 0) is 16.6 Å². The molecule has 3 atom stereocenters. The molecule has 0 saturated carbocycles. The van der Waals surface area contributed by atoms with E-state index in [4.69, 9.17) is 15.0 Å². The first-order valence-electron chi connectivity index (χ1n) is 26.1. The predicted octanol–water partition coefficient (Wildman–Crippen LogP) is 6.91. The molecule has 18 nitrogen and oxygen atoms in total. The van der Waals surface area contributed by atoms with Gasteiger partial charge in [-0.3, -0.25) is 14.3 Å². The van der Waals surface area contributed by atoms with Gasteiger partial charge in [0.25, 0.3) is 0 Å². The van der Waals surface area contributed by atoms with E-state index in [0.29, 0.717) is 47.6 Å². The largest absolute Gasteiger partial charge is 0.507 e. The number of amides is 2. The van der Waals surface area contributed by atoms with Crippen LogP contribution >= 0.6 is 0 Å². The van der Waals surface area contributed by atoms with Crippen LogP contribution in [0.3, 0.4) is 0 Å². The molecule has 0 bridgehead atoms. The van der Waals surface area contributed by atoms with Gasteiger partial charge >= 0.3 is 0 Å². The van der Waals surface area contributed by atoms with Crippen molar-refractivity contribution in [1.82, 2.24) is 45.2 Å². The zero-order valence-corrected chi connectivity index (χ0v) is 42.5. The summed E-state index contributed by atoms with van der Waals surface area (Å²) < 4.78 is 14.3. The number of para-hydroxylation sites is 1. The number of nitrogen functional groups attached to an aromatic ring is 1. The molecule has 4 aromatic heterocycles. The first kappa shape index (κ1) is 49.4. The molecule has 0 aliphatic carbocycles. The van der Waals surface area contributed by atoms with Crippen molar-refractivity contribution in [2.24, 2.45) is 18.9 Å². The highest BCUT2D eigenvalue weighted by Crippen LogP contribution is 2.36. The van der Waals surface area contributed by atoms with E-state index in [0.717, 1.165) is 125 Å². The zero-order chi connectivity index (χ0) is 50.6. The van der Waals surface area contributed by atoms with Crippen LogP contribution in [0.5, 0.6) is 11.6 Å². The summed E-state index contributed by atoms with van der Waals surface area (Å²) >= 11 is 0. The number of aromatic nitrogens is 6. The molecule has 4 fully saturated rings. The fourth-order valence-electron chi connectivity index (χ4n) is 11.2. The summed E-state index contributed by atoms with van der Waals surface area (Å²) in [7, 11) is 1.92. The Bertz CT molecular complexity index is 2830. The Labute approximate surface area is 427 Å². The number of ether oxygens (including phenoxy) is 1. The van der Waals surface area contributed by atoms with E-state index in [1.807, 2.05) is 99.4 Å². The van der Waals surface area contributed by atoms with Gasteiger partial charge in [0.1, 0.15) is 23.8 Å². The van der Waals surface area contributed by atoms with Gasteiger partial charge in [0.2, 0.25) is 17.7 Å². The third kappa shape index (κ3) is 11.1. The lowest BCUT2D eigenvalue weighted by atomic mass is 9.91. The Kier molecular flexibility index (Phi) is 14.8. The number of nitrogens with one attached hydrogen (secondary N) is 1. The van der Waals surface area contributed by atoms with Gasteiger partial charge in [-0.2, -0.15) is 5.10 Å². The number of likely N-dealkylation sites (tertiary alicyclic amines) is 2. The topological polar surface area (TPSA) is 200 Å². The van der Waals surface area contributed by atoms with Crippen molar-refractivity contribution in [1.29, 1.82) is 0 Å². The second-order valence-electron chi connectivity index (χ2n) is 20.6. The number of benzene rings is 2. The maximum atomic E-state index is 14.3. The fraction of sp³-hybridized carbons (Fsp3) is 0.473. The first-order chi connectivity index (χ1) is 35.4. The number of piperazine rings is 1. The van der Waals surface area contributed by atoms with E-state index >= 15 is 0 Å². The molecule has 6 aromatic rings. The molecular weight excluding hydrogens is 923 g/mol. The average Bonchev–Trinajstić information content (AvgIpc) is 4.20. The summed E-state index contributed by atoms with van der Waals surface area (Å²) in [6, 6.07) is 24.5. The van der Waals surface area contributed by atoms with Crippen LogP contribution < -0.4 is 30.5 Å². The van der Waals surface area contributed by atoms with Crippen LogP contribution in [0.15, 0.2) is 95.8 Å². The molecule has 4 aliphatic heterocycles. The number of carbonyl (C=O) groups is 2. The molecule has 10 rings (SSSR count). The third-order valence-electron chi connectivity index (χ3n) is 15.4. The van der Waals surface area contributed by atoms with Crippen LogP contribution in [-0.4, -0.2) is 134 Å². The van der Waals surface area contributed by atoms with Gasteiger partial charge in [0.05, 0.1) is 23.1 Å². The van der Waals surface area contributed by atoms with Crippen molar-refractivity contribution in [2.75, 3.05) is 85.9 Å². The van der Waals surface area contributed by atoms with E-state index in [-0.39, 0.29) is 35.6 Å². The van der Waals surface area contributed by atoms with Gasteiger partial charge in [-0.05, 0) is 98.7 Å². The average molecular weight is 992 g/mol. The molecule has 73 heavy (non-hydrogen) atoms. The number of carbonyl (C=O) groups excluding carboxylic acids is 2. The molecule has 0 spiro atoms. The van der Waals surface area contributed by atoms with Gasteiger partial charge in [-0.1, -0.05) is 55.4 Å². The predicted molar refractivity (Wildman–Crippen MR) is 281 cm³/mol. The van der Waals surface area contributed by atoms with Gasteiger partial charge in [0.15, 0.2) is 17.4 Å². The highest BCUT2D eigenvalue weighted by Gasteiger charge is 2.41. The molecule has 4 N–H and O–H groups in total. The standard InChI is InChI=1S/C55H69N13O5/c1-36(2)52(55(71)68-23-7-9-46(68)54(70)59-37(3)39-11-13-40(14-12-39)45-16-22-58-63(45)4)49-34-50(62-73-49)67-26-17-38(18-27-67)35-64-24-19-42(20-25-64)72-51-32-41(15-21-57-51)65-28-30-66(31-29-65)47-33-44(60-61-53(47)56)43-8-5-6-10-48(43)69/h5-6,8,10-16,21-22,32-34,36-38,42,46,52,69H,7,9,17-20,23-31,35H2,1-4H3,(H2,56,61)(H,59,70). The summed E-state index contributed by atoms with van der Waals surface area (Å²) in [6.07, 6.45) is 9.15. The number of nitrogens with zero attached hydrogens (tertiary/aromatic N) is 11. The maximum Gasteiger partial charge on any atom is 0.243 e. The Morgan fingerprint density at radius 1 is 0.822 bits per heavy atom. The third-order valence-corrected chi connectivity index (χ3v) is 15.4. The number of phenolic OH excluding ortho intramolecular Hbond substituents is 1. The number of hydrogen-bond donors (Lipinski definition) is 3. The maximum absolute atomic E-state index is 14.3. The highest BCUT2D eigenvalue weighted by atomic mass is 16.5. The quantitative estimate of drug-likeness (QED) is 0.0958. The summed E-state index contributed by atoms with van der Waals surface area (Å²) in [5.41, 5.74) is 12.5. The van der Waals surface area contributed by atoms with Crippen LogP contribution in [0, 0.1) is 11.8 Å². The number of anilines is 4. The van der Waals surface area contributed by atoms with Crippen molar-refractivity contribution in [3.8, 4) is 34.1 Å². The monoisotopic (exact) mass is 992 g/mol. The van der Waals surface area contributed by atoms with Crippen LogP contribution in [0.1, 0.15) is 82.6 Å². The minimum atomic E-state index is -0.539. The lowest BCUT2D eigenvalue weighted by Crippen LogP contribution is -2.48. The molecule has 18 heteroatoms. The molecule has 4 saturated heterocycles. The number of piperidine rings is 2. The number of phenols is 1. The Balaban J connectivity index is 0.661. The van der Waals surface area contributed by atoms with E-state index in [1.165, 1.54) is 0 Å². The molecule has 3 unspecified atom stereocenters. The van der Waals surface area contributed by atoms with Gasteiger partial charge in [-0.25, -0.2) is 4.98 Å². The van der Waals surface area contributed by atoms with E-state index in [1.54, 1.807) is 23.2 Å². The number of aromatic hydroxyl groups is 1. The van der Waals surface area contributed by atoms with E-state index in [2.05, 4.69) is 56.4 Å². The summed E-state index contributed by atoms with van der Waals surface area (Å²) in [6.45, 7) is 14.5. The van der Waals surface area contributed by atoms with Gasteiger partial charge in [0, 0.05) is 108 Å². The van der Waals surface area contributed by atoms with Crippen LogP contribution in [0.4, 0.5) is 23.0 Å². The number of hydrogen-bond acceptors (Lipinski definition) is 15. The van der Waals surface area contributed by atoms with E-state index < -0.39 is 12.0 Å². The highest BCUT2D eigenvalue weighted by molar-refractivity contribution is 5.91. The second kappa shape index (κ2) is 21.9. The lowest BCUT2D eigenvalue weighted by Gasteiger charge is -2.38. The van der Waals surface area contributed by atoms with Gasteiger partial charge in [-0.15, -0.1) is 10.2 Å². The number of nitrogens with two attached hydrogens (primary N) is 1. The number of aryl methyl sites for hydroxylation is 1. The van der Waals surface area contributed by atoms with Crippen molar-refractivity contribution in [3.05, 3.63) is 103 Å². The number of rotatable bonds is 15. The lowest BCUT2D eigenvalue weighted by molar-refractivity contribution is -0.141. The molecular formula is C55H69N13O5. The van der Waals surface area contributed by atoms with E-state index in [9.17, 15) is 14.7 Å². The molecule has 4 aliphatic rings. The molecule has 2 amide bonds. The normalized spacial score (nSPS) is 19.1. The molecule has 2 aromatic carbocycles. The van der Waals surface area contributed by atoms with Crippen molar-refractivity contribution in [2.45, 2.75) is 83.4 Å². The SMILES string of the molecule is CC(NC(=O)C1CCCN1C(=O)C(c1cc(N2CCC(CN3CCC(Oc4cc(N5CCN(c6cc(-c7ccccc7O)nnc6N)CC5)ccn4)CC3)CC2)no1)C(C)C)c1ccc(-c2ccnn2C)cc1. The van der Waals surface area contributed by atoms with Crippen molar-refractivity contribution < 1.29 is 24.0 Å². The zero-order valence-electron chi connectivity index (χ0n) is 42.5. The Morgan fingerprint density at radius 3 is 2.30 bits per heavy atom. The van der Waals surface area contributed by atoms with Crippen LogP contribution in [0.25, 0.3) is 22.5 Å². The second-order valence-corrected chi connectivity index (χ2v) is 20.6. The summed E-state index contributed by atoms with van der Waals surface area (Å²) in [4.78, 5) is 43.9.